The molecular weight excluding hydrogens is 250 g/mol. The summed E-state index contributed by atoms with van der Waals surface area (Å²) in [4.78, 5) is 0. The summed E-state index contributed by atoms with van der Waals surface area (Å²) in [6.07, 6.45) is 3.87. The number of rotatable bonds is 6. The van der Waals surface area contributed by atoms with Crippen LogP contribution in [0.3, 0.4) is 0 Å². The second-order valence-electron chi connectivity index (χ2n) is 3.11. The average Bonchev–Trinajstić information content (AvgIpc) is 2.25. The Kier molecular flexibility index (Phi) is 5.01. The second-order valence-corrected chi connectivity index (χ2v) is 4.76. The minimum absolute atomic E-state index is 0.0811. The van der Waals surface area contributed by atoms with Crippen molar-refractivity contribution in [2.75, 3.05) is 13.0 Å². The summed E-state index contributed by atoms with van der Waals surface area (Å²) in [5.41, 5.74) is 0.606. The topological polar surface area (TPSA) is 89.1 Å². The van der Waals surface area contributed by atoms with Crippen molar-refractivity contribution in [1.82, 2.24) is 0 Å². The molecule has 0 aliphatic rings. The van der Waals surface area contributed by atoms with Crippen LogP contribution < -0.4 is 4.57 Å². The first-order chi connectivity index (χ1) is 8.03. The Balaban J connectivity index is 2.52. The Morgan fingerprint density at radius 1 is 1.53 bits per heavy atom. The number of hydrogen-bond acceptors (Lipinski definition) is 6. The smallest absolute Gasteiger partial charge is 0.266 e. The molecule has 1 rings (SSSR count). The molecule has 0 unspecified atom stereocenters. The lowest BCUT2D eigenvalue weighted by Gasteiger charge is -2.02. The van der Waals surface area contributed by atoms with Crippen molar-refractivity contribution in [1.29, 1.82) is 0 Å². The third-order valence-corrected chi connectivity index (χ3v) is 2.27. The molecule has 1 aromatic heterocycles. The molecule has 1 heterocycles. The van der Waals surface area contributed by atoms with E-state index in [1.807, 2.05) is 0 Å². The van der Waals surface area contributed by atoms with Gasteiger partial charge >= 0.3 is 0 Å². The van der Waals surface area contributed by atoms with Crippen LogP contribution in [-0.2, 0) is 25.8 Å². The van der Waals surface area contributed by atoms with Gasteiger partial charge in [0.15, 0.2) is 13.0 Å². The predicted molar refractivity (Wildman–Crippen MR) is 57.9 cm³/mol. The zero-order valence-corrected chi connectivity index (χ0v) is 10.0. The largest absolute Gasteiger partial charge is 0.411 e. The van der Waals surface area contributed by atoms with Crippen molar-refractivity contribution < 1.29 is 27.1 Å². The second kappa shape index (κ2) is 6.28. The summed E-state index contributed by atoms with van der Waals surface area (Å²) in [7, 11) is -3.50. The van der Waals surface area contributed by atoms with Crippen LogP contribution in [0.25, 0.3) is 0 Å². The van der Waals surface area contributed by atoms with Crippen LogP contribution in [0.5, 0.6) is 0 Å². The van der Waals surface area contributed by atoms with Crippen LogP contribution in [0, 0.1) is 0 Å². The maximum absolute atomic E-state index is 10.6. The van der Waals surface area contributed by atoms with E-state index in [9.17, 15) is 8.42 Å². The van der Waals surface area contributed by atoms with Crippen LogP contribution in [0.15, 0.2) is 29.6 Å². The third kappa shape index (κ3) is 5.38. The number of oxime groups is 1. The van der Waals surface area contributed by atoms with E-state index >= 15 is 0 Å². The molecule has 0 bridgehead atoms. The fourth-order valence-corrected chi connectivity index (χ4v) is 1.28. The van der Waals surface area contributed by atoms with Crippen molar-refractivity contribution in [3.05, 3.63) is 30.1 Å². The number of nitrogens with zero attached hydrogens (tertiary/aromatic N) is 2. The minimum atomic E-state index is -3.50. The molecule has 1 N–H and O–H groups in total. The third-order valence-electron chi connectivity index (χ3n) is 1.74. The molecule has 0 saturated carbocycles. The van der Waals surface area contributed by atoms with E-state index in [4.69, 9.17) is 9.94 Å². The average molecular weight is 263 g/mol. The number of hydrogen-bond donors (Lipinski definition) is 1. The quantitative estimate of drug-likeness (QED) is 0.145. The van der Waals surface area contributed by atoms with Gasteiger partial charge in [0.25, 0.3) is 16.8 Å². The van der Waals surface area contributed by atoms with Gasteiger partial charge in [0.05, 0.1) is 6.26 Å². The lowest BCUT2D eigenvalue weighted by molar-refractivity contribution is -0.734. The van der Waals surface area contributed by atoms with Gasteiger partial charge in [-0.3, -0.25) is 4.74 Å². The van der Waals surface area contributed by atoms with Gasteiger partial charge < -0.3 is 5.21 Å². The lowest BCUT2D eigenvalue weighted by atomic mass is 10.4. The number of pyridine rings is 1. The molecule has 94 valence electrons. The molecule has 17 heavy (non-hydrogen) atoms. The van der Waals surface area contributed by atoms with Crippen molar-refractivity contribution in [3.8, 4) is 0 Å². The molecule has 0 saturated heterocycles. The van der Waals surface area contributed by atoms with Gasteiger partial charge in [-0.1, -0.05) is 5.16 Å². The van der Waals surface area contributed by atoms with Crippen molar-refractivity contribution in [2.24, 2.45) is 5.16 Å². The Morgan fingerprint density at radius 3 is 2.94 bits per heavy atom. The van der Waals surface area contributed by atoms with Gasteiger partial charge in [0.1, 0.15) is 6.21 Å². The van der Waals surface area contributed by atoms with Gasteiger partial charge in [0.2, 0.25) is 5.69 Å². The van der Waals surface area contributed by atoms with E-state index in [1.54, 1.807) is 29.0 Å². The molecule has 7 nitrogen and oxygen atoms in total. The predicted octanol–water partition coefficient (Wildman–Crippen LogP) is -0.310. The maximum atomic E-state index is 10.6. The van der Waals surface area contributed by atoms with E-state index in [2.05, 4.69) is 9.34 Å². The summed E-state index contributed by atoms with van der Waals surface area (Å²) in [5.74, 6) is 0. The molecule has 0 aliphatic carbocycles. The molecule has 0 fully saturated rings. The Hall–Kier alpha value is -1.51. The lowest BCUT2D eigenvalue weighted by Crippen LogP contribution is -2.39. The normalized spacial score (nSPS) is 12.1. The zero-order chi connectivity index (χ0) is 12.7. The number of ether oxygens (including phenoxy) is 1. The Bertz CT molecular complexity index is 486. The van der Waals surface area contributed by atoms with E-state index < -0.39 is 10.1 Å². The van der Waals surface area contributed by atoms with Gasteiger partial charge in [-0.25, -0.2) is 4.18 Å². The van der Waals surface area contributed by atoms with Crippen molar-refractivity contribution in [3.63, 3.8) is 0 Å². The summed E-state index contributed by atoms with van der Waals surface area (Å²) in [5, 5.41) is 11.3. The van der Waals surface area contributed by atoms with Crippen LogP contribution in [0.1, 0.15) is 5.69 Å². The van der Waals surface area contributed by atoms with Crippen LogP contribution >= 0.6 is 0 Å². The fraction of sp³-hybridized carbons (Fsp3) is 0.333. The highest BCUT2D eigenvalue weighted by Crippen LogP contribution is 1.90. The van der Waals surface area contributed by atoms with Crippen LogP contribution in [0.2, 0.25) is 0 Å². The highest BCUT2D eigenvalue weighted by atomic mass is 32.2. The molecule has 0 aromatic carbocycles. The monoisotopic (exact) mass is 263 g/mol. The van der Waals surface area contributed by atoms with Gasteiger partial charge in [-0.15, -0.1) is 0 Å². The van der Waals surface area contributed by atoms with Gasteiger partial charge in [-0.05, 0) is 6.07 Å². The molecule has 0 atom stereocenters. The maximum Gasteiger partial charge on any atom is 0.266 e. The first kappa shape index (κ1) is 13.6. The first-order valence-corrected chi connectivity index (χ1v) is 6.42. The Labute approximate surface area is 99.0 Å². The molecule has 0 spiro atoms. The summed E-state index contributed by atoms with van der Waals surface area (Å²) < 4.78 is 32.3. The van der Waals surface area contributed by atoms with Gasteiger partial charge in [0, 0.05) is 12.1 Å². The summed E-state index contributed by atoms with van der Waals surface area (Å²) in [6, 6.07) is 5.23. The van der Waals surface area contributed by atoms with Crippen molar-refractivity contribution in [2.45, 2.75) is 6.73 Å². The van der Waals surface area contributed by atoms with Crippen molar-refractivity contribution >= 4 is 16.3 Å². The highest BCUT2D eigenvalue weighted by molar-refractivity contribution is 7.85. The van der Waals surface area contributed by atoms with Crippen LogP contribution in [0.4, 0.5) is 0 Å². The van der Waals surface area contributed by atoms with E-state index in [1.165, 1.54) is 6.21 Å². The molecular formula is C9H13N2O5S+. The zero-order valence-electron chi connectivity index (χ0n) is 9.18. The van der Waals surface area contributed by atoms with Crippen LogP contribution in [-0.4, -0.2) is 32.9 Å². The molecule has 1 aromatic rings. The van der Waals surface area contributed by atoms with E-state index in [0.717, 1.165) is 6.26 Å². The molecule has 8 heteroatoms. The molecule has 0 radical (unpaired) electrons. The van der Waals surface area contributed by atoms with E-state index in [-0.39, 0.29) is 13.5 Å². The first-order valence-electron chi connectivity index (χ1n) is 4.61. The minimum Gasteiger partial charge on any atom is -0.411 e. The Morgan fingerprint density at radius 2 is 2.29 bits per heavy atom. The van der Waals surface area contributed by atoms with E-state index in [0.29, 0.717) is 5.69 Å². The van der Waals surface area contributed by atoms with Gasteiger partial charge in [-0.2, -0.15) is 13.0 Å². The fourth-order valence-electron chi connectivity index (χ4n) is 1.04. The highest BCUT2D eigenvalue weighted by Gasteiger charge is 2.08. The SMILES string of the molecule is CS(=O)(=O)OCOC[n+]1ccccc1/[14CH]=N\O. The standard InChI is InChI=1S/C9H12N2O5S/c1-17(13,14)16-8-15-7-11-5-3-2-4-9(11)6-10-12/h2-6H,7-8H2,1H3/p+1/i6+2. The summed E-state index contributed by atoms with van der Waals surface area (Å²) in [6.45, 7) is -0.284. The molecule has 0 aliphatic heterocycles. The molecule has 0 amide bonds. The number of aromatic nitrogens is 1. The summed E-state index contributed by atoms with van der Waals surface area (Å²) >= 11 is 0.